The first kappa shape index (κ1) is 14.3. The van der Waals surface area contributed by atoms with E-state index < -0.39 is 8.15 Å². The fourth-order valence-corrected chi connectivity index (χ4v) is 6.75. The minimum Gasteiger partial charge on any atom is -0.370 e. The largest absolute Gasteiger partial charge is 0.370 e. The van der Waals surface area contributed by atoms with Crippen molar-refractivity contribution in [2.45, 2.75) is 63.1 Å². The lowest BCUT2D eigenvalue weighted by atomic mass is 9.71. The van der Waals surface area contributed by atoms with Gasteiger partial charge in [0, 0.05) is 5.66 Å². The van der Waals surface area contributed by atoms with E-state index in [0.717, 1.165) is 18.3 Å². The van der Waals surface area contributed by atoms with Gasteiger partial charge in [-0.2, -0.15) is 4.99 Å². The average Bonchev–Trinajstić information content (AvgIpc) is 2.45. The van der Waals surface area contributed by atoms with Crippen LogP contribution >= 0.6 is 8.15 Å². The zero-order valence-electron chi connectivity index (χ0n) is 11.9. The zero-order valence-corrected chi connectivity index (χ0v) is 12.8. The van der Waals surface area contributed by atoms with Crippen LogP contribution in [0.2, 0.25) is 0 Å². The van der Waals surface area contributed by atoms with Crippen LogP contribution in [0.15, 0.2) is 4.99 Å². The van der Waals surface area contributed by atoms with Gasteiger partial charge >= 0.3 is 0 Å². The first-order chi connectivity index (χ1) is 9.66. The van der Waals surface area contributed by atoms with Gasteiger partial charge in [0.25, 0.3) is 0 Å². The SMILES string of the molecule is N=C(N=C(N)N)P1OC2CCCCC2C2CCCCC21. The van der Waals surface area contributed by atoms with Crippen LogP contribution in [0.1, 0.15) is 51.4 Å². The van der Waals surface area contributed by atoms with E-state index in [-0.39, 0.29) is 5.96 Å². The number of amidine groups is 1. The molecule has 2 saturated carbocycles. The van der Waals surface area contributed by atoms with E-state index in [1.165, 1.54) is 44.9 Å². The number of guanidine groups is 1. The summed E-state index contributed by atoms with van der Waals surface area (Å²) in [5.41, 5.74) is 11.7. The molecule has 0 spiro atoms. The fraction of sp³-hybridized carbons (Fsp3) is 0.857. The van der Waals surface area contributed by atoms with Gasteiger partial charge in [0.15, 0.2) is 11.5 Å². The maximum atomic E-state index is 8.20. The normalized spacial score (nSPS) is 40.3. The summed E-state index contributed by atoms with van der Waals surface area (Å²) in [7, 11) is -0.931. The first-order valence-electron chi connectivity index (χ1n) is 7.81. The van der Waals surface area contributed by atoms with E-state index in [9.17, 15) is 0 Å². The average molecular weight is 296 g/mol. The Kier molecular flexibility index (Phi) is 4.27. The number of fused-ring (bicyclic) bond motifs is 3. The second kappa shape index (κ2) is 5.98. The van der Waals surface area contributed by atoms with Crippen LogP contribution in [-0.4, -0.2) is 23.3 Å². The third kappa shape index (κ3) is 2.71. The summed E-state index contributed by atoms with van der Waals surface area (Å²) >= 11 is 0. The van der Waals surface area contributed by atoms with Gasteiger partial charge in [0.05, 0.1) is 6.10 Å². The van der Waals surface area contributed by atoms with Crippen molar-refractivity contribution in [3.8, 4) is 0 Å². The van der Waals surface area contributed by atoms with E-state index in [1.807, 2.05) is 0 Å². The number of aliphatic imine (C=N–C) groups is 1. The van der Waals surface area contributed by atoms with Crippen molar-refractivity contribution in [3.05, 3.63) is 0 Å². The highest BCUT2D eigenvalue weighted by Crippen LogP contribution is 2.61. The van der Waals surface area contributed by atoms with Gasteiger partial charge in [-0.25, -0.2) is 0 Å². The summed E-state index contributed by atoms with van der Waals surface area (Å²) in [6.45, 7) is 0. The van der Waals surface area contributed by atoms with E-state index in [0.29, 0.717) is 17.3 Å². The fourth-order valence-electron chi connectivity index (χ4n) is 4.28. The number of nitrogens with two attached hydrogens (primary N) is 2. The molecule has 3 rings (SSSR count). The molecular weight excluding hydrogens is 271 g/mol. The Hall–Kier alpha value is -0.670. The minimum atomic E-state index is -0.931. The predicted octanol–water partition coefficient (Wildman–Crippen LogP) is 2.74. The zero-order chi connectivity index (χ0) is 14.1. The highest BCUT2D eigenvalue weighted by atomic mass is 31.1. The Labute approximate surface area is 121 Å². The molecule has 2 aliphatic carbocycles. The van der Waals surface area contributed by atoms with E-state index in [4.69, 9.17) is 21.4 Å². The molecule has 5 N–H and O–H groups in total. The Balaban J connectivity index is 1.82. The van der Waals surface area contributed by atoms with Crippen LogP contribution in [0.3, 0.4) is 0 Å². The third-order valence-electron chi connectivity index (χ3n) is 5.08. The van der Waals surface area contributed by atoms with Gasteiger partial charge in [-0.15, -0.1) is 0 Å². The molecule has 5 nitrogen and oxygen atoms in total. The molecule has 1 aliphatic heterocycles. The molecule has 6 heteroatoms. The molecule has 0 aromatic carbocycles. The highest BCUT2D eigenvalue weighted by molar-refractivity contribution is 7.71. The van der Waals surface area contributed by atoms with Crippen LogP contribution in [0.4, 0.5) is 0 Å². The Morgan fingerprint density at radius 2 is 1.65 bits per heavy atom. The minimum absolute atomic E-state index is 0.0146. The molecule has 0 aromatic rings. The maximum Gasteiger partial charge on any atom is 0.192 e. The van der Waals surface area contributed by atoms with Gasteiger partial charge in [-0.3, -0.25) is 5.41 Å². The molecule has 112 valence electrons. The van der Waals surface area contributed by atoms with Crippen molar-refractivity contribution in [2.24, 2.45) is 28.3 Å². The van der Waals surface area contributed by atoms with Crippen LogP contribution < -0.4 is 11.5 Å². The molecule has 0 bridgehead atoms. The molecule has 3 aliphatic rings. The monoisotopic (exact) mass is 296 g/mol. The van der Waals surface area contributed by atoms with E-state index in [2.05, 4.69) is 4.99 Å². The standard InChI is InChI=1S/C14H25N4OP/c15-13(16)18-14(17)20-12-8-4-2-6-10(12)9-5-1-3-7-11(9)19-20/h9-12H,1-8H2,(H5,15,16,17,18). The predicted molar refractivity (Wildman–Crippen MR) is 83.0 cm³/mol. The molecule has 0 aromatic heterocycles. The number of hydrogen-bond donors (Lipinski definition) is 3. The first-order valence-corrected chi connectivity index (χ1v) is 9.14. The summed E-state index contributed by atoms with van der Waals surface area (Å²) < 4.78 is 6.34. The Morgan fingerprint density at radius 1 is 1.00 bits per heavy atom. The summed E-state index contributed by atoms with van der Waals surface area (Å²) in [6.07, 6.45) is 10.5. The van der Waals surface area contributed by atoms with E-state index in [1.54, 1.807) is 0 Å². The van der Waals surface area contributed by atoms with Gasteiger partial charge in [0.1, 0.15) is 8.15 Å². The summed E-state index contributed by atoms with van der Waals surface area (Å²) in [6, 6.07) is 0. The van der Waals surface area contributed by atoms with Gasteiger partial charge in [-0.05, 0) is 37.5 Å². The Morgan fingerprint density at radius 3 is 2.40 bits per heavy atom. The van der Waals surface area contributed by atoms with Gasteiger partial charge in [0.2, 0.25) is 0 Å². The maximum absolute atomic E-state index is 8.20. The van der Waals surface area contributed by atoms with Crippen LogP contribution in [0, 0.1) is 17.2 Å². The molecule has 5 unspecified atom stereocenters. The van der Waals surface area contributed by atoms with Crippen molar-refractivity contribution in [3.63, 3.8) is 0 Å². The molecule has 5 atom stereocenters. The van der Waals surface area contributed by atoms with Crippen LogP contribution in [0.25, 0.3) is 0 Å². The van der Waals surface area contributed by atoms with Crippen molar-refractivity contribution in [1.29, 1.82) is 5.41 Å². The third-order valence-corrected chi connectivity index (χ3v) is 7.34. The molecule has 20 heavy (non-hydrogen) atoms. The van der Waals surface area contributed by atoms with Crippen molar-refractivity contribution in [2.75, 3.05) is 0 Å². The number of nitrogens with zero attached hydrogens (tertiary/aromatic N) is 1. The van der Waals surface area contributed by atoms with Crippen molar-refractivity contribution in [1.82, 2.24) is 0 Å². The molecule has 0 radical (unpaired) electrons. The lowest BCUT2D eigenvalue weighted by molar-refractivity contribution is 0.0302. The summed E-state index contributed by atoms with van der Waals surface area (Å²) in [5.74, 6) is 1.45. The second-order valence-electron chi connectivity index (χ2n) is 6.29. The van der Waals surface area contributed by atoms with Crippen molar-refractivity contribution < 1.29 is 4.52 Å². The summed E-state index contributed by atoms with van der Waals surface area (Å²) in [4.78, 5) is 3.99. The molecule has 0 amide bonds. The molecular formula is C14H25N4OP. The molecule has 1 saturated heterocycles. The van der Waals surface area contributed by atoms with Crippen molar-refractivity contribution >= 4 is 19.7 Å². The topological polar surface area (TPSA) is 97.5 Å². The smallest absolute Gasteiger partial charge is 0.192 e. The number of nitrogens with one attached hydrogen (secondary N) is 1. The lowest BCUT2D eigenvalue weighted by Crippen LogP contribution is -2.45. The lowest BCUT2D eigenvalue weighted by Gasteiger charge is -2.50. The Bertz CT molecular complexity index is 410. The van der Waals surface area contributed by atoms with E-state index >= 15 is 0 Å². The molecule has 3 fully saturated rings. The number of hydrogen-bond acceptors (Lipinski definition) is 2. The van der Waals surface area contributed by atoms with Gasteiger partial charge in [-0.1, -0.05) is 25.7 Å². The number of rotatable bonds is 1. The quantitative estimate of drug-likeness (QED) is 0.394. The highest BCUT2D eigenvalue weighted by Gasteiger charge is 2.48. The van der Waals surface area contributed by atoms with Crippen LogP contribution in [-0.2, 0) is 4.52 Å². The van der Waals surface area contributed by atoms with Gasteiger partial charge < -0.3 is 16.0 Å². The molecule has 1 heterocycles. The van der Waals surface area contributed by atoms with Crippen LogP contribution in [0.5, 0.6) is 0 Å². The second-order valence-corrected chi connectivity index (χ2v) is 8.24. The summed E-state index contributed by atoms with van der Waals surface area (Å²) in [5, 5.41) is 8.20.